The van der Waals surface area contributed by atoms with E-state index in [-0.39, 0.29) is 0 Å². The van der Waals surface area contributed by atoms with Gasteiger partial charge in [-0.05, 0) is 89.0 Å². The van der Waals surface area contributed by atoms with E-state index in [0.29, 0.717) is 0 Å². The Morgan fingerprint density at radius 1 is 0.383 bits per heavy atom. The van der Waals surface area contributed by atoms with E-state index < -0.39 is 0 Å². The van der Waals surface area contributed by atoms with Crippen molar-refractivity contribution in [3.8, 4) is 5.69 Å². The Labute approximate surface area is 271 Å². The number of nitrogens with zero attached hydrogens (tertiary/aromatic N) is 2. The standard InChI is InChI=1S/C44H28N2O/c1-3-14-32(15-4-1)45(35-21-24-42-40(28-35)39-25-30-12-7-8-13-31(30)26-43(39)47-42)34-20-23-41-38(27-34)37-22-19-29-11-9-10-18-36(29)44(37)46(41)33-16-5-2-6-17-33/h1-28H. The molecule has 0 saturated carbocycles. The molecule has 0 bridgehead atoms. The first kappa shape index (κ1) is 26.0. The molecule has 8 aromatic carbocycles. The zero-order valence-corrected chi connectivity index (χ0v) is 25.5. The smallest absolute Gasteiger partial charge is 0.136 e. The second kappa shape index (κ2) is 10.1. The summed E-state index contributed by atoms with van der Waals surface area (Å²) in [6.07, 6.45) is 0. The molecule has 0 unspecified atom stereocenters. The van der Waals surface area contributed by atoms with Crippen LogP contribution in [0, 0.1) is 0 Å². The van der Waals surface area contributed by atoms with Gasteiger partial charge in [-0.3, -0.25) is 0 Å². The molecule has 0 aliphatic rings. The van der Waals surface area contributed by atoms with Crippen LogP contribution in [-0.2, 0) is 0 Å². The van der Waals surface area contributed by atoms with Gasteiger partial charge in [0.2, 0.25) is 0 Å². The SMILES string of the molecule is c1ccc(N(c2ccc3oc4cc5ccccc5cc4c3c2)c2ccc3c(c2)c2ccc4ccccc4c2n3-c2ccccc2)cc1. The van der Waals surface area contributed by atoms with Crippen LogP contribution in [0.3, 0.4) is 0 Å². The van der Waals surface area contributed by atoms with Gasteiger partial charge in [-0.15, -0.1) is 0 Å². The summed E-state index contributed by atoms with van der Waals surface area (Å²) in [6.45, 7) is 0. The topological polar surface area (TPSA) is 21.3 Å². The van der Waals surface area contributed by atoms with Crippen LogP contribution in [0.2, 0.25) is 0 Å². The highest BCUT2D eigenvalue weighted by molar-refractivity contribution is 6.19. The largest absolute Gasteiger partial charge is 0.456 e. The predicted molar refractivity (Wildman–Crippen MR) is 198 cm³/mol. The van der Waals surface area contributed by atoms with E-state index in [1.807, 2.05) is 0 Å². The van der Waals surface area contributed by atoms with E-state index >= 15 is 0 Å². The summed E-state index contributed by atoms with van der Waals surface area (Å²) in [4.78, 5) is 2.35. The normalized spacial score (nSPS) is 11.8. The summed E-state index contributed by atoms with van der Waals surface area (Å²) in [5.41, 5.74) is 8.64. The van der Waals surface area contributed by atoms with E-state index in [0.717, 1.165) is 44.7 Å². The lowest BCUT2D eigenvalue weighted by Crippen LogP contribution is -2.09. The highest BCUT2D eigenvalue weighted by Crippen LogP contribution is 2.43. The van der Waals surface area contributed by atoms with Gasteiger partial charge in [-0.2, -0.15) is 0 Å². The van der Waals surface area contributed by atoms with Crippen LogP contribution in [-0.4, -0.2) is 4.57 Å². The maximum Gasteiger partial charge on any atom is 0.136 e. The van der Waals surface area contributed by atoms with Crippen molar-refractivity contribution in [1.82, 2.24) is 4.57 Å². The molecule has 0 aliphatic heterocycles. The lowest BCUT2D eigenvalue weighted by molar-refractivity contribution is 0.669. The molecule has 2 aromatic heterocycles. The van der Waals surface area contributed by atoms with Gasteiger partial charge in [0.15, 0.2) is 0 Å². The number of benzene rings is 8. The Balaban J connectivity index is 1.23. The number of aromatic nitrogens is 1. The third-order valence-corrected chi connectivity index (χ3v) is 9.50. The molecule has 0 atom stereocenters. The molecule has 220 valence electrons. The van der Waals surface area contributed by atoms with Crippen molar-refractivity contribution in [2.75, 3.05) is 4.90 Å². The Morgan fingerprint density at radius 2 is 1.02 bits per heavy atom. The average molecular weight is 601 g/mol. The van der Waals surface area contributed by atoms with Crippen LogP contribution >= 0.6 is 0 Å². The third-order valence-electron chi connectivity index (χ3n) is 9.50. The maximum atomic E-state index is 6.37. The van der Waals surface area contributed by atoms with Gasteiger partial charge in [0, 0.05) is 49.7 Å². The summed E-state index contributed by atoms with van der Waals surface area (Å²) in [5, 5.41) is 9.56. The highest BCUT2D eigenvalue weighted by Gasteiger charge is 2.20. The predicted octanol–water partition coefficient (Wildman–Crippen LogP) is 12.5. The minimum absolute atomic E-state index is 0.889. The van der Waals surface area contributed by atoms with Gasteiger partial charge >= 0.3 is 0 Å². The molecular formula is C44H28N2O. The molecule has 47 heavy (non-hydrogen) atoms. The second-order valence-corrected chi connectivity index (χ2v) is 12.2. The monoisotopic (exact) mass is 600 g/mol. The van der Waals surface area contributed by atoms with Crippen molar-refractivity contribution in [1.29, 1.82) is 0 Å². The summed E-state index contributed by atoms with van der Waals surface area (Å²) in [6, 6.07) is 60.8. The fraction of sp³-hybridized carbons (Fsp3) is 0. The molecule has 3 heteroatoms. The van der Waals surface area contributed by atoms with Gasteiger partial charge in [0.25, 0.3) is 0 Å². The maximum absolute atomic E-state index is 6.37. The first-order chi connectivity index (χ1) is 23.3. The van der Waals surface area contributed by atoms with Crippen molar-refractivity contribution in [3.05, 3.63) is 170 Å². The van der Waals surface area contributed by atoms with Crippen molar-refractivity contribution >= 4 is 82.4 Å². The van der Waals surface area contributed by atoms with Crippen molar-refractivity contribution in [2.24, 2.45) is 0 Å². The lowest BCUT2D eigenvalue weighted by atomic mass is 10.0. The van der Waals surface area contributed by atoms with E-state index in [2.05, 4.69) is 179 Å². The zero-order valence-electron chi connectivity index (χ0n) is 25.5. The molecule has 0 fully saturated rings. The van der Waals surface area contributed by atoms with Gasteiger partial charge in [0.1, 0.15) is 11.2 Å². The van der Waals surface area contributed by atoms with Crippen molar-refractivity contribution < 1.29 is 4.42 Å². The summed E-state index contributed by atoms with van der Waals surface area (Å²) >= 11 is 0. The average Bonchev–Trinajstić information content (AvgIpc) is 3.66. The Bertz CT molecular complexity index is 2790. The molecule has 0 saturated heterocycles. The molecule has 0 spiro atoms. The Morgan fingerprint density at radius 3 is 1.83 bits per heavy atom. The molecule has 0 N–H and O–H groups in total. The number of hydrogen-bond donors (Lipinski definition) is 0. The number of para-hydroxylation sites is 2. The summed E-state index contributed by atoms with van der Waals surface area (Å²) in [7, 11) is 0. The number of hydrogen-bond acceptors (Lipinski definition) is 2. The number of fused-ring (bicyclic) bond motifs is 9. The van der Waals surface area contributed by atoms with Crippen LogP contribution < -0.4 is 4.90 Å². The molecular weight excluding hydrogens is 572 g/mol. The van der Waals surface area contributed by atoms with Crippen molar-refractivity contribution in [3.63, 3.8) is 0 Å². The minimum Gasteiger partial charge on any atom is -0.456 e. The fourth-order valence-electron chi connectivity index (χ4n) is 7.37. The van der Waals surface area contributed by atoms with Crippen LogP contribution in [0.1, 0.15) is 0 Å². The highest BCUT2D eigenvalue weighted by atomic mass is 16.3. The molecule has 0 radical (unpaired) electrons. The first-order valence-electron chi connectivity index (χ1n) is 16.0. The van der Waals surface area contributed by atoms with E-state index in [9.17, 15) is 0 Å². The number of furan rings is 1. The fourth-order valence-corrected chi connectivity index (χ4v) is 7.37. The first-order valence-corrected chi connectivity index (χ1v) is 16.0. The molecule has 10 aromatic rings. The zero-order chi connectivity index (χ0) is 30.9. The van der Waals surface area contributed by atoms with Crippen LogP contribution in [0.25, 0.3) is 71.0 Å². The Kier molecular flexibility index (Phi) is 5.57. The molecule has 3 nitrogen and oxygen atoms in total. The van der Waals surface area contributed by atoms with E-state index in [4.69, 9.17) is 4.42 Å². The summed E-state index contributed by atoms with van der Waals surface area (Å²) < 4.78 is 8.79. The van der Waals surface area contributed by atoms with Crippen LogP contribution in [0.5, 0.6) is 0 Å². The van der Waals surface area contributed by atoms with E-state index in [1.165, 1.54) is 43.4 Å². The van der Waals surface area contributed by atoms with Gasteiger partial charge in [-0.25, -0.2) is 0 Å². The molecule has 2 heterocycles. The minimum atomic E-state index is 0.889. The van der Waals surface area contributed by atoms with Crippen molar-refractivity contribution in [2.45, 2.75) is 0 Å². The van der Waals surface area contributed by atoms with Crippen LogP contribution in [0.4, 0.5) is 17.1 Å². The van der Waals surface area contributed by atoms with Gasteiger partial charge < -0.3 is 13.9 Å². The molecule has 0 aliphatic carbocycles. The number of anilines is 3. The Hall–Kier alpha value is -6.32. The molecule has 10 rings (SSSR count). The molecule has 0 amide bonds. The quantitative estimate of drug-likeness (QED) is 0.200. The summed E-state index contributed by atoms with van der Waals surface area (Å²) in [5.74, 6) is 0. The second-order valence-electron chi connectivity index (χ2n) is 12.2. The van der Waals surface area contributed by atoms with Crippen LogP contribution in [0.15, 0.2) is 174 Å². The van der Waals surface area contributed by atoms with E-state index in [1.54, 1.807) is 0 Å². The number of rotatable bonds is 4. The third kappa shape index (κ3) is 4.00. The van der Waals surface area contributed by atoms with Gasteiger partial charge in [0.05, 0.1) is 11.0 Å². The van der Waals surface area contributed by atoms with Gasteiger partial charge in [-0.1, -0.05) is 97.1 Å². The lowest BCUT2D eigenvalue weighted by Gasteiger charge is -2.25.